The molecule has 0 atom stereocenters. The molecule has 0 bridgehead atoms. The monoisotopic (exact) mass is 304 g/mol. The highest BCUT2D eigenvalue weighted by atomic mass is 16.7. The van der Waals surface area contributed by atoms with Crippen molar-refractivity contribution in [3.63, 3.8) is 0 Å². The predicted molar refractivity (Wildman–Crippen MR) is 86.3 cm³/mol. The SMILES string of the molecule is Cc1cc(B2OC(C)(C)C(C)(C)O2)cc(C)c1C1(O)COC1. The quantitative estimate of drug-likeness (QED) is 0.847. The Bertz CT molecular complexity index is 566. The Morgan fingerprint density at radius 3 is 1.77 bits per heavy atom. The van der Waals surface area contributed by atoms with Crippen molar-refractivity contribution >= 4 is 12.6 Å². The van der Waals surface area contributed by atoms with E-state index in [1.165, 1.54) is 0 Å². The Kier molecular flexibility index (Phi) is 3.50. The Balaban J connectivity index is 1.95. The lowest BCUT2D eigenvalue weighted by Crippen LogP contribution is -2.48. The molecular weight excluding hydrogens is 279 g/mol. The Hall–Kier alpha value is -0.875. The van der Waals surface area contributed by atoms with E-state index < -0.39 is 5.60 Å². The minimum Gasteiger partial charge on any atom is -0.399 e. The van der Waals surface area contributed by atoms with Crippen LogP contribution >= 0.6 is 0 Å². The van der Waals surface area contributed by atoms with Gasteiger partial charge in [-0.15, -0.1) is 0 Å². The second kappa shape index (κ2) is 4.81. The first-order chi connectivity index (χ1) is 10.1. The van der Waals surface area contributed by atoms with Gasteiger partial charge in [0, 0.05) is 0 Å². The lowest BCUT2D eigenvalue weighted by atomic mass is 9.74. The van der Waals surface area contributed by atoms with E-state index in [1.807, 2.05) is 13.8 Å². The fourth-order valence-corrected chi connectivity index (χ4v) is 3.29. The summed E-state index contributed by atoms with van der Waals surface area (Å²) in [6.07, 6.45) is 0. The van der Waals surface area contributed by atoms with Crippen LogP contribution in [0.15, 0.2) is 12.1 Å². The van der Waals surface area contributed by atoms with Gasteiger partial charge >= 0.3 is 7.12 Å². The molecule has 120 valence electrons. The van der Waals surface area contributed by atoms with Gasteiger partial charge in [0.2, 0.25) is 0 Å². The van der Waals surface area contributed by atoms with Gasteiger partial charge in [0.15, 0.2) is 0 Å². The number of aliphatic hydroxyl groups is 1. The van der Waals surface area contributed by atoms with E-state index in [4.69, 9.17) is 14.0 Å². The van der Waals surface area contributed by atoms with Crippen LogP contribution in [-0.2, 0) is 19.6 Å². The van der Waals surface area contributed by atoms with Crippen molar-refractivity contribution in [2.75, 3.05) is 13.2 Å². The van der Waals surface area contributed by atoms with Crippen molar-refractivity contribution in [3.8, 4) is 0 Å². The summed E-state index contributed by atoms with van der Waals surface area (Å²) in [5, 5.41) is 10.6. The number of hydrogen-bond donors (Lipinski definition) is 1. The van der Waals surface area contributed by atoms with Crippen LogP contribution in [0.5, 0.6) is 0 Å². The molecule has 3 rings (SSSR count). The van der Waals surface area contributed by atoms with Crippen molar-refractivity contribution in [1.29, 1.82) is 0 Å². The second-order valence-electron chi connectivity index (χ2n) is 7.64. The summed E-state index contributed by atoms with van der Waals surface area (Å²) in [4.78, 5) is 0. The third-order valence-electron chi connectivity index (χ3n) is 5.23. The predicted octanol–water partition coefficient (Wildman–Crippen LogP) is 1.82. The van der Waals surface area contributed by atoms with Crippen molar-refractivity contribution < 1.29 is 19.2 Å². The van der Waals surface area contributed by atoms with Crippen molar-refractivity contribution in [2.24, 2.45) is 0 Å². The maximum Gasteiger partial charge on any atom is 0.494 e. The maximum absolute atomic E-state index is 10.6. The van der Waals surface area contributed by atoms with Gasteiger partial charge in [0.05, 0.1) is 24.4 Å². The first kappa shape index (κ1) is 16.0. The topological polar surface area (TPSA) is 47.9 Å². The average molecular weight is 304 g/mol. The molecule has 1 aromatic carbocycles. The summed E-state index contributed by atoms with van der Waals surface area (Å²) in [6, 6.07) is 4.11. The summed E-state index contributed by atoms with van der Waals surface area (Å²) in [7, 11) is -0.372. The molecule has 5 heteroatoms. The molecule has 4 nitrogen and oxygen atoms in total. The molecule has 2 heterocycles. The highest BCUT2D eigenvalue weighted by Crippen LogP contribution is 2.38. The molecule has 22 heavy (non-hydrogen) atoms. The van der Waals surface area contributed by atoms with Crippen LogP contribution in [-0.4, -0.2) is 36.6 Å². The van der Waals surface area contributed by atoms with E-state index in [0.717, 1.165) is 22.2 Å². The molecule has 2 aliphatic rings. The number of hydrogen-bond acceptors (Lipinski definition) is 4. The summed E-state index contributed by atoms with van der Waals surface area (Å²) in [5.41, 5.74) is 2.53. The van der Waals surface area contributed by atoms with Gasteiger partial charge in [-0.1, -0.05) is 12.1 Å². The zero-order valence-electron chi connectivity index (χ0n) is 14.3. The van der Waals surface area contributed by atoms with Crippen LogP contribution in [0.4, 0.5) is 0 Å². The van der Waals surface area contributed by atoms with Crippen LogP contribution < -0.4 is 5.46 Å². The maximum atomic E-state index is 10.6. The molecule has 0 radical (unpaired) electrons. The molecule has 2 aliphatic heterocycles. The van der Waals surface area contributed by atoms with Gasteiger partial charge in [0.1, 0.15) is 5.60 Å². The van der Waals surface area contributed by atoms with Crippen molar-refractivity contribution in [3.05, 3.63) is 28.8 Å². The zero-order valence-corrected chi connectivity index (χ0v) is 14.3. The van der Waals surface area contributed by atoms with Crippen LogP contribution in [0, 0.1) is 13.8 Å². The molecule has 1 aromatic rings. The lowest BCUT2D eigenvalue weighted by Gasteiger charge is -2.39. The van der Waals surface area contributed by atoms with Crippen LogP contribution in [0.25, 0.3) is 0 Å². The van der Waals surface area contributed by atoms with Crippen molar-refractivity contribution in [2.45, 2.75) is 58.3 Å². The van der Waals surface area contributed by atoms with Gasteiger partial charge in [-0.05, 0) is 63.7 Å². The highest BCUT2D eigenvalue weighted by Gasteiger charge is 2.52. The molecular formula is C17H25BO4. The number of ether oxygens (including phenoxy) is 1. The third-order valence-corrected chi connectivity index (χ3v) is 5.23. The number of benzene rings is 1. The zero-order chi connectivity index (χ0) is 16.3. The van der Waals surface area contributed by atoms with E-state index >= 15 is 0 Å². The minimum atomic E-state index is -0.845. The molecule has 2 saturated heterocycles. The van der Waals surface area contributed by atoms with Gasteiger partial charge in [-0.2, -0.15) is 0 Å². The lowest BCUT2D eigenvalue weighted by molar-refractivity contribution is -0.185. The largest absolute Gasteiger partial charge is 0.494 e. The van der Waals surface area contributed by atoms with E-state index in [2.05, 4.69) is 39.8 Å². The molecule has 0 saturated carbocycles. The summed E-state index contributed by atoms with van der Waals surface area (Å²) in [6.45, 7) is 13.0. The Morgan fingerprint density at radius 1 is 0.955 bits per heavy atom. The molecule has 0 aromatic heterocycles. The minimum absolute atomic E-state index is 0.349. The van der Waals surface area contributed by atoms with E-state index in [1.54, 1.807) is 0 Å². The molecule has 0 aliphatic carbocycles. The van der Waals surface area contributed by atoms with Crippen LogP contribution in [0.3, 0.4) is 0 Å². The first-order valence-corrected chi connectivity index (χ1v) is 7.83. The van der Waals surface area contributed by atoms with Crippen LogP contribution in [0.2, 0.25) is 0 Å². The third kappa shape index (κ3) is 2.31. The summed E-state index contributed by atoms with van der Waals surface area (Å²) < 4.78 is 17.4. The highest BCUT2D eigenvalue weighted by molar-refractivity contribution is 6.62. The second-order valence-corrected chi connectivity index (χ2v) is 7.64. The smallest absolute Gasteiger partial charge is 0.399 e. The Morgan fingerprint density at radius 2 is 1.41 bits per heavy atom. The molecule has 0 unspecified atom stereocenters. The Labute approximate surface area is 132 Å². The first-order valence-electron chi connectivity index (χ1n) is 7.83. The van der Waals surface area contributed by atoms with Crippen molar-refractivity contribution in [1.82, 2.24) is 0 Å². The molecule has 1 N–H and O–H groups in total. The fraction of sp³-hybridized carbons (Fsp3) is 0.647. The van der Waals surface area contributed by atoms with Gasteiger partial charge in [0.25, 0.3) is 0 Å². The van der Waals surface area contributed by atoms with E-state index in [0.29, 0.717) is 13.2 Å². The average Bonchev–Trinajstić information content (AvgIpc) is 2.55. The van der Waals surface area contributed by atoms with E-state index in [9.17, 15) is 5.11 Å². The fourth-order valence-electron chi connectivity index (χ4n) is 3.29. The van der Waals surface area contributed by atoms with Gasteiger partial charge in [-0.3, -0.25) is 0 Å². The molecule has 0 spiro atoms. The normalized spacial score (nSPS) is 25.1. The van der Waals surface area contributed by atoms with Gasteiger partial charge < -0.3 is 19.2 Å². The van der Waals surface area contributed by atoms with E-state index in [-0.39, 0.29) is 18.3 Å². The van der Waals surface area contributed by atoms with Crippen LogP contribution in [0.1, 0.15) is 44.4 Å². The number of rotatable bonds is 2. The van der Waals surface area contributed by atoms with Gasteiger partial charge in [-0.25, -0.2) is 0 Å². The molecule has 0 amide bonds. The summed E-state index contributed by atoms with van der Waals surface area (Å²) in [5.74, 6) is 0. The standard InChI is InChI=1S/C17H25BO4/c1-11-7-13(18-21-15(3,4)16(5,6)22-18)8-12(2)14(11)17(19)9-20-10-17/h7-8,19H,9-10H2,1-6H3. The number of aryl methyl sites for hydroxylation is 2. The molecule has 2 fully saturated rings. The summed E-state index contributed by atoms with van der Waals surface area (Å²) >= 11 is 0.